The zero-order valence-electron chi connectivity index (χ0n) is 8.34. The highest BCUT2D eigenvalue weighted by Crippen LogP contribution is 2.44. The third-order valence-electron chi connectivity index (χ3n) is 2.73. The van der Waals surface area contributed by atoms with E-state index in [0.29, 0.717) is 5.41 Å². The molecular weight excluding hydrogens is 192 g/mol. The number of nitrogens with one attached hydrogen (secondary N) is 1. The van der Waals surface area contributed by atoms with Gasteiger partial charge in [-0.2, -0.15) is 5.26 Å². The van der Waals surface area contributed by atoms with Crippen LogP contribution < -0.4 is 5.32 Å². The molecule has 1 aliphatic carbocycles. The van der Waals surface area contributed by atoms with Crippen molar-refractivity contribution in [3.05, 3.63) is 21.9 Å². The minimum Gasteiger partial charge on any atom is -0.311 e. The van der Waals surface area contributed by atoms with Crippen molar-refractivity contribution in [1.29, 1.82) is 5.26 Å². The summed E-state index contributed by atoms with van der Waals surface area (Å²) in [5.74, 6) is 0. The van der Waals surface area contributed by atoms with Crippen molar-refractivity contribution < 1.29 is 0 Å². The Labute approximate surface area is 88.6 Å². The third kappa shape index (κ3) is 2.34. The number of thiophene rings is 1. The SMILES string of the molecule is CC1(CNCc2ccc(C#N)s2)CC1. The number of hydrogen-bond acceptors (Lipinski definition) is 3. The molecule has 14 heavy (non-hydrogen) atoms. The van der Waals surface area contributed by atoms with E-state index in [1.807, 2.05) is 12.1 Å². The fourth-order valence-electron chi connectivity index (χ4n) is 1.41. The van der Waals surface area contributed by atoms with Gasteiger partial charge >= 0.3 is 0 Å². The topological polar surface area (TPSA) is 35.8 Å². The van der Waals surface area contributed by atoms with Crippen LogP contribution in [0.25, 0.3) is 0 Å². The number of nitriles is 1. The van der Waals surface area contributed by atoms with Crippen LogP contribution in [0.4, 0.5) is 0 Å². The van der Waals surface area contributed by atoms with E-state index in [1.54, 1.807) is 11.3 Å². The Kier molecular flexibility index (Phi) is 2.58. The molecule has 0 saturated heterocycles. The van der Waals surface area contributed by atoms with E-state index in [1.165, 1.54) is 17.7 Å². The van der Waals surface area contributed by atoms with Crippen molar-refractivity contribution in [2.75, 3.05) is 6.54 Å². The van der Waals surface area contributed by atoms with Crippen LogP contribution in [-0.4, -0.2) is 6.54 Å². The number of rotatable bonds is 4. The highest BCUT2D eigenvalue weighted by atomic mass is 32.1. The van der Waals surface area contributed by atoms with E-state index in [0.717, 1.165) is 18.0 Å². The molecule has 2 rings (SSSR count). The van der Waals surface area contributed by atoms with Crippen molar-refractivity contribution >= 4 is 11.3 Å². The van der Waals surface area contributed by atoms with Crippen molar-refractivity contribution in [2.24, 2.45) is 5.41 Å². The van der Waals surface area contributed by atoms with Crippen molar-refractivity contribution in [2.45, 2.75) is 26.3 Å². The Hall–Kier alpha value is -0.850. The van der Waals surface area contributed by atoms with Gasteiger partial charge in [0.25, 0.3) is 0 Å². The van der Waals surface area contributed by atoms with Gasteiger partial charge in [0.1, 0.15) is 10.9 Å². The fourth-order valence-corrected chi connectivity index (χ4v) is 2.19. The van der Waals surface area contributed by atoms with E-state index < -0.39 is 0 Å². The molecule has 1 heterocycles. The summed E-state index contributed by atoms with van der Waals surface area (Å²) in [6.07, 6.45) is 2.71. The summed E-state index contributed by atoms with van der Waals surface area (Å²) in [4.78, 5) is 2.06. The second-order valence-corrected chi connectivity index (χ2v) is 5.46. The lowest BCUT2D eigenvalue weighted by molar-refractivity contribution is 0.501. The molecule has 0 radical (unpaired) electrons. The maximum Gasteiger partial charge on any atom is 0.110 e. The highest BCUT2D eigenvalue weighted by Gasteiger charge is 2.36. The Bertz CT molecular complexity index is 358. The highest BCUT2D eigenvalue weighted by molar-refractivity contribution is 7.12. The minimum atomic E-state index is 0.565. The van der Waals surface area contributed by atoms with Crippen molar-refractivity contribution in [3.8, 4) is 6.07 Å². The monoisotopic (exact) mass is 206 g/mol. The van der Waals surface area contributed by atoms with E-state index in [2.05, 4.69) is 18.3 Å². The van der Waals surface area contributed by atoms with Crippen molar-refractivity contribution in [3.63, 3.8) is 0 Å². The Balaban J connectivity index is 1.77. The molecule has 1 aromatic rings. The van der Waals surface area contributed by atoms with Crippen molar-refractivity contribution in [1.82, 2.24) is 5.32 Å². The lowest BCUT2D eigenvalue weighted by Crippen LogP contribution is -2.20. The molecule has 0 aliphatic heterocycles. The van der Waals surface area contributed by atoms with E-state index in [-0.39, 0.29) is 0 Å². The standard InChI is InChI=1S/C11H14N2S/c1-11(4-5-11)8-13-7-10-3-2-9(6-12)14-10/h2-3,13H,4-5,7-8H2,1H3. The van der Waals surface area contributed by atoms with Gasteiger partial charge in [0.05, 0.1) is 0 Å². The average molecular weight is 206 g/mol. The van der Waals surface area contributed by atoms with Gasteiger partial charge in [0.2, 0.25) is 0 Å². The predicted molar refractivity (Wildman–Crippen MR) is 58.1 cm³/mol. The average Bonchev–Trinajstić information content (AvgIpc) is 2.75. The molecule has 1 aliphatic rings. The van der Waals surface area contributed by atoms with Crippen LogP contribution in [0.5, 0.6) is 0 Å². The van der Waals surface area contributed by atoms with E-state index in [9.17, 15) is 0 Å². The summed E-state index contributed by atoms with van der Waals surface area (Å²) in [7, 11) is 0. The largest absolute Gasteiger partial charge is 0.311 e. The molecule has 0 atom stereocenters. The summed E-state index contributed by atoms with van der Waals surface area (Å²) in [6, 6.07) is 6.08. The first-order chi connectivity index (χ1) is 6.72. The normalized spacial score (nSPS) is 17.7. The van der Waals surface area contributed by atoms with Gasteiger partial charge in [-0.1, -0.05) is 6.92 Å². The number of hydrogen-bond donors (Lipinski definition) is 1. The molecule has 1 N–H and O–H groups in total. The van der Waals surface area contributed by atoms with Crippen LogP contribution in [0.15, 0.2) is 12.1 Å². The van der Waals surface area contributed by atoms with Gasteiger partial charge in [-0.3, -0.25) is 0 Å². The maximum absolute atomic E-state index is 8.66. The quantitative estimate of drug-likeness (QED) is 0.821. The van der Waals surface area contributed by atoms with Gasteiger partial charge in [-0.05, 0) is 30.4 Å². The van der Waals surface area contributed by atoms with Gasteiger partial charge in [-0.15, -0.1) is 11.3 Å². The van der Waals surface area contributed by atoms with Crippen LogP contribution in [-0.2, 0) is 6.54 Å². The summed E-state index contributed by atoms with van der Waals surface area (Å²) in [5.41, 5.74) is 0.565. The zero-order valence-corrected chi connectivity index (χ0v) is 9.16. The smallest absolute Gasteiger partial charge is 0.110 e. The minimum absolute atomic E-state index is 0.565. The maximum atomic E-state index is 8.66. The molecule has 1 fully saturated rings. The summed E-state index contributed by atoms with van der Waals surface area (Å²) in [5, 5.41) is 12.1. The first-order valence-electron chi connectivity index (χ1n) is 4.91. The van der Waals surface area contributed by atoms with E-state index in [4.69, 9.17) is 5.26 Å². The first-order valence-corrected chi connectivity index (χ1v) is 5.73. The third-order valence-corrected chi connectivity index (χ3v) is 3.72. The van der Waals surface area contributed by atoms with Gasteiger partial charge in [0, 0.05) is 18.0 Å². The van der Waals surface area contributed by atoms with Crippen LogP contribution in [0.2, 0.25) is 0 Å². The number of nitrogens with zero attached hydrogens (tertiary/aromatic N) is 1. The van der Waals surface area contributed by atoms with Gasteiger partial charge in [-0.25, -0.2) is 0 Å². The molecule has 0 unspecified atom stereocenters. The van der Waals surface area contributed by atoms with Gasteiger partial charge < -0.3 is 5.32 Å². The molecule has 0 spiro atoms. The molecule has 3 heteroatoms. The lowest BCUT2D eigenvalue weighted by Gasteiger charge is -2.08. The Morgan fingerprint density at radius 1 is 1.57 bits per heavy atom. The van der Waals surface area contributed by atoms with Gasteiger partial charge in [0.15, 0.2) is 0 Å². The molecule has 1 saturated carbocycles. The molecular formula is C11H14N2S. The Morgan fingerprint density at radius 2 is 2.36 bits per heavy atom. The second kappa shape index (κ2) is 3.72. The summed E-state index contributed by atoms with van der Waals surface area (Å²) < 4.78 is 0. The second-order valence-electron chi connectivity index (χ2n) is 4.29. The zero-order chi connectivity index (χ0) is 10.0. The lowest BCUT2D eigenvalue weighted by atomic mass is 10.1. The molecule has 0 aromatic carbocycles. The predicted octanol–water partition coefficient (Wildman–Crippen LogP) is 2.51. The van der Waals surface area contributed by atoms with Crippen LogP contribution in [0, 0.1) is 16.7 Å². The molecule has 1 aromatic heterocycles. The first kappa shape index (κ1) is 9.70. The Morgan fingerprint density at radius 3 is 2.93 bits per heavy atom. The molecule has 0 amide bonds. The van der Waals surface area contributed by atoms with Crippen LogP contribution in [0.3, 0.4) is 0 Å². The summed E-state index contributed by atoms with van der Waals surface area (Å²) >= 11 is 1.58. The molecule has 2 nitrogen and oxygen atoms in total. The molecule has 74 valence electrons. The van der Waals surface area contributed by atoms with E-state index >= 15 is 0 Å². The summed E-state index contributed by atoms with van der Waals surface area (Å²) in [6.45, 7) is 4.32. The fraction of sp³-hybridized carbons (Fsp3) is 0.545. The van der Waals surface area contributed by atoms with Crippen LogP contribution >= 0.6 is 11.3 Å². The van der Waals surface area contributed by atoms with Crippen LogP contribution in [0.1, 0.15) is 29.5 Å². The molecule has 0 bridgehead atoms.